The third kappa shape index (κ3) is 4.71. The summed E-state index contributed by atoms with van der Waals surface area (Å²) in [5.74, 6) is 2.63. The van der Waals surface area contributed by atoms with E-state index in [9.17, 15) is 4.79 Å². The number of carbonyl (C=O) groups is 1. The van der Waals surface area contributed by atoms with Gasteiger partial charge in [0.25, 0.3) is 5.91 Å². The van der Waals surface area contributed by atoms with Crippen LogP contribution in [0.2, 0.25) is 0 Å². The van der Waals surface area contributed by atoms with Crippen molar-refractivity contribution in [1.82, 2.24) is 19.9 Å². The molecule has 0 aliphatic carbocycles. The summed E-state index contributed by atoms with van der Waals surface area (Å²) in [5, 5.41) is 6.06. The molecule has 1 aliphatic heterocycles. The molecule has 0 atom stereocenters. The Morgan fingerprint density at radius 1 is 0.969 bits per heavy atom. The number of amides is 1. The molecule has 4 aromatic rings. The predicted molar refractivity (Wildman–Crippen MR) is 122 cm³/mol. The van der Waals surface area contributed by atoms with Gasteiger partial charge in [0.05, 0.1) is 11.4 Å². The van der Waals surface area contributed by atoms with Crippen molar-refractivity contribution in [2.45, 2.75) is 6.54 Å². The lowest BCUT2D eigenvalue weighted by Gasteiger charge is -2.34. The first kappa shape index (κ1) is 20.4. The van der Waals surface area contributed by atoms with Crippen LogP contribution in [0.25, 0.3) is 10.7 Å². The van der Waals surface area contributed by atoms with E-state index in [0.29, 0.717) is 42.7 Å². The second-order valence-electron chi connectivity index (χ2n) is 7.50. The molecule has 0 spiro atoms. The summed E-state index contributed by atoms with van der Waals surface area (Å²) in [5.41, 5.74) is 0.629. The highest BCUT2D eigenvalue weighted by Crippen LogP contribution is 2.24. The van der Waals surface area contributed by atoms with Crippen LogP contribution < -0.4 is 4.74 Å². The van der Waals surface area contributed by atoms with Crippen molar-refractivity contribution >= 4 is 17.2 Å². The largest absolute Gasteiger partial charge is 0.457 e. The zero-order valence-electron chi connectivity index (χ0n) is 17.4. The minimum atomic E-state index is 0.0148. The predicted octanol–water partition coefficient (Wildman–Crippen LogP) is 4.55. The molecule has 162 valence electrons. The number of carbonyl (C=O) groups excluding carboxylic acids is 1. The fraction of sp³-hybridized carbons (Fsp3) is 0.208. The van der Waals surface area contributed by atoms with E-state index in [2.05, 4.69) is 15.0 Å². The van der Waals surface area contributed by atoms with Gasteiger partial charge in [-0.2, -0.15) is 4.98 Å². The van der Waals surface area contributed by atoms with Crippen LogP contribution >= 0.6 is 11.3 Å². The standard InChI is InChI=1S/C24H22N4O3S/c29-24(18-6-4-9-20(16-18)30-19-7-2-1-3-8-19)28-13-11-27(12-14-28)17-22-25-23(26-31-22)21-10-5-15-32-21/h1-10,15-16H,11-14,17H2. The molecule has 8 heteroatoms. The van der Waals surface area contributed by atoms with Crippen molar-refractivity contribution in [3.05, 3.63) is 83.6 Å². The number of rotatable bonds is 6. The van der Waals surface area contributed by atoms with Crippen LogP contribution in [0, 0.1) is 0 Å². The number of thiophene rings is 1. The number of ether oxygens (including phenoxy) is 1. The molecule has 32 heavy (non-hydrogen) atoms. The van der Waals surface area contributed by atoms with Crippen molar-refractivity contribution in [2.24, 2.45) is 0 Å². The fourth-order valence-corrected chi connectivity index (χ4v) is 4.27. The van der Waals surface area contributed by atoms with Gasteiger partial charge < -0.3 is 14.2 Å². The van der Waals surface area contributed by atoms with E-state index in [4.69, 9.17) is 9.26 Å². The second-order valence-corrected chi connectivity index (χ2v) is 8.45. The molecular formula is C24H22N4O3S. The van der Waals surface area contributed by atoms with E-state index in [1.165, 1.54) is 0 Å². The minimum absolute atomic E-state index is 0.0148. The quantitative estimate of drug-likeness (QED) is 0.433. The molecule has 2 aromatic carbocycles. The van der Waals surface area contributed by atoms with E-state index in [1.807, 2.05) is 70.9 Å². The van der Waals surface area contributed by atoms with Crippen molar-refractivity contribution in [3.8, 4) is 22.2 Å². The Kier molecular flexibility index (Phi) is 5.96. The van der Waals surface area contributed by atoms with Gasteiger partial charge in [0, 0.05) is 31.7 Å². The Balaban J connectivity index is 1.17. The molecule has 0 unspecified atom stereocenters. The topological polar surface area (TPSA) is 71.7 Å². The first-order chi connectivity index (χ1) is 15.7. The molecule has 0 N–H and O–H groups in total. The molecule has 1 fully saturated rings. The maximum absolute atomic E-state index is 13.0. The van der Waals surface area contributed by atoms with Gasteiger partial charge in [-0.3, -0.25) is 9.69 Å². The van der Waals surface area contributed by atoms with E-state index in [-0.39, 0.29) is 5.91 Å². The lowest BCUT2D eigenvalue weighted by atomic mass is 10.1. The Morgan fingerprint density at radius 3 is 2.56 bits per heavy atom. The molecule has 0 bridgehead atoms. The normalized spacial score (nSPS) is 14.4. The van der Waals surface area contributed by atoms with Gasteiger partial charge in [-0.25, -0.2) is 0 Å². The summed E-state index contributed by atoms with van der Waals surface area (Å²) in [6.45, 7) is 3.38. The van der Waals surface area contributed by atoms with E-state index >= 15 is 0 Å². The van der Waals surface area contributed by atoms with Crippen LogP contribution in [-0.4, -0.2) is 52.0 Å². The summed E-state index contributed by atoms with van der Waals surface area (Å²) >= 11 is 1.59. The number of aromatic nitrogens is 2. The van der Waals surface area contributed by atoms with Crippen LogP contribution in [0.5, 0.6) is 11.5 Å². The minimum Gasteiger partial charge on any atom is -0.457 e. The zero-order chi connectivity index (χ0) is 21.8. The van der Waals surface area contributed by atoms with Crippen LogP contribution in [-0.2, 0) is 6.54 Å². The molecule has 2 aromatic heterocycles. The van der Waals surface area contributed by atoms with E-state index < -0.39 is 0 Å². The number of nitrogens with zero attached hydrogens (tertiary/aromatic N) is 4. The van der Waals surface area contributed by atoms with E-state index in [0.717, 1.165) is 23.7 Å². The average Bonchev–Trinajstić information content (AvgIpc) is 3.52. The Labute approximate surface area is 189 Å². The molecule has 0 saturated carbocycles. The number of piperazine rings is 1. The molecule has 1 saturated heterocycles. The second kappa shape index (κ2) is 9.33. The van der Waals surface area contributed by atoms with Crippen LogP contribution in [0.1, 0.15) is 16.2 Å². The smallest absolute Gasteiger partial charge is 0.254 e. The highest BCUT2D eigenvalue weighted by molar-refractivity contribution is 7.13. The molecule has 3 heterocycles. The summed E-state index contributed by atoms with van der Waals surface area (Å²) in [6.07, 6.45) is 0. The van der Waals surface area contributed by atoms with Gasteiger partial charge in [0.2, 0.25) is 11.7 Å². The van der Waals surface area contributed by atoms with Crippen molar-refractivity contribution < 1.29 is 14.1 Å². The van der Waals surface area contributed by atoms with Crippen molar-refractivity contribution in [3.63, 3.8) is 0 Å². The monoisotopic (exact) mass is 446 g/mol. The lowest BCUT2D eigenvalue weighted by molar-refractivity contribution is 0.0615. The highest BCUT2D eigenvalue weighted by Gasteiger charge is 2.24. The third-order valence-electron chi connectivity index (χ3n) is 5.29. The molecule has 1 amide bonds. The number of benzene rings is 2. The maximum Gasteiger partial charge on any atom is 0.254 e. The first-order valence-corrected chi connectivity index (χ1v) is 11.3. The lowest BCUT2D eigenvalue weighted by Crippen LogP contribution is -2.48. The Morgan fingerprint density at radius 2 is 1.78 bits per heavy atom. The number of hydrogen-bond donors (Lipinski definition) is 0. The average molecular weight is 447 g/mol. The summed E-state index contributed by atoms with van der Waals surface area (Å²) in [4.78, 5) is 22.6. The van der Waals surface area contributed by atoms with Gasteiger partial charge in [0.1, 0.15) is 11.5 Å². The SMILES string of the molecule is O=C(c1cccc(Oc2ccccc2)c1)N1CCN(Cc2nc(-c3cccs3)no2)CC1. The molecule has 1 aliphatic rings. The number of para-hydroxylation sites is 1. The van der Waals surface area contributed by atoms with E-state index in [1.54, 1.807) is 17.4 Å². The first-order valence-electron chi connectivity index (χ1n) is 10.5. The van der Waals surface area contributed by atoms with Gasteiger partial charge in [-0.15, -0.1) is 11.3 Å². The Bertz CT molecular complexity index is 1170. The molecule has 5 rings (SSSR count). The maximum atomic E-state index is 13.0. The van der Waals surface area contributed by atoms with Gasteiger partial charge >= 0.3 is 0 Å². The number of hydrogen-bond acceptors (Lipinski definition) is 7. The summed E-state index contributed by atoms with van der Waals surface area (Å²) in [7, 11) is 0. The summed E-state index contributed by atoms with van der Waals surface area (Å²) < 4.78 is 11.3. The zero-order valence-corrected chi connectivity index (χ0v) is 18.2. The molecule has 0 radical (unpaired) electrons. The Hall–Kier alpha value is -3.49. The summed E-state index contributed by atoms with van der Waals surface area (Å²) in [6, 6.07) is 20.8. The third-order valence-corrected chi connectivity index (χ3v) is 6.15. The molecular weight excluding hydrogens is 424 g/mol. The van der Waals surface area contributed by atoms with Gasteiger partial charge in [-0.1, -0.05) is 35.5 Å². The fourth-order valence-electron chi connectivity index (χ4n) is 3.63. The van der Waals surface area contributed by atoms with Crippen LogP contribution in [0.4, 0.5) is 0 Å². The van der Waals surface area contributed by atoms with Gasteiger partial charge in [-0.05, 0) is 41.8 Å². The molecule has 7 nitrogen and oxygen atoms in total. The highest BCUT2D eigenvalue weighted by atomic mass is 32.1. The van der Waals surface area contributed by atoms with Crippen molar-refractivity contribution in [1.29, 1.82) is 0 Å². The van der Waals surface area contributed by atoms with Crippen LogP contribution in [0.15, 0.2) is 76.6 Å². The van der Waals surface area contributed by atoms with Gasteiger partial charge in [0.15, 0.2) is 0 Å². The van der Waals surface area contributed by atoms with Crippen LogP contribution in [0.3, 0.4) is 0 Å². The van der Waals surface area contributed by atoms with Crippen molar-refractivity contribution in [2.75, 3.05) is 26.2 Å².